The molecule has 4 amide bonds. The topological polar surface area (TPSA) is 182 Å². The van der Waals surface area contributed by atoms with Crippen molar-refractivity contribution in [1.29, 1.82) is 0 Å². The summed E-state index contributed by atoms with van der Waals surface area (Å²) in [7, 11) is -3.99. The fraction of sp³-hybridized carbons (Fsp3) is 0.625. The summed E-state index contributed by atoms with van der Waals surface area (Å²) in [5, 5.41) is 5.93. The zero-order chi connectivity index (χ0) is 43.1. The molecule has 14 nitrogen and oxygen atoms in total. The average molecular weight is 870 g/mol. The number of ether oxygens (including phenoxy) is 3. The molecule has 0 radical (unpaired) electrons. The summed E-state index contributed by atoms with van der Waals surface area (Å²) in [5.74, 6) is -3.43. The highest BCUT2D eigenvalue weighted by Crippen LogP contribution is 2.46. The highest BCUT2D eigenvalue weighted by molar-refractivity contribution is 7.91. The monoisotopic (exact) mass is 869 g/mol. The number of carbonyl (C=O) groups is 4. The van der Waals surface area contributed by atoms with Crippen LogP contribution in [0.2, 0.25) is 5.02 Å². The van der Waals surface area contributed by atoms with Crippen LogP contribution in [-0.2, 0) is 29.1 Å². The third-order valence-corrected chi connectivity index (χ3v) is 13.6. The average Bonchev–Trinajstić information content (AvgIpc) is 4.07. The number of alkyl carbamates (subject to hydrolysis) is 1. The Morgan fingerprint density at radius 1 is 1.10 bits per heavy atom. The second-order valence-corrected chi connectivity index (χ2v) is 19.1. The van der Waals surface area contributed by atoms with Crippen LogP contribution in [0.1, 0.15) is 86.0 Å². The Kier molecular flexibility index (Phi) is 12.7. The van der Waals surface area contributed by atoms with Crippen molar-refractivity contribution in [3.63, 3.8) is 0 Å². The molecule has 4 aliphatic rings. The van der Waals surface area contributed by atoms with Gasteiger partial charge in [-0.15, -0.1) is 0 Å². The van der Waals surface area contributed by atoms with Gasteiger partial charge in [-0.2, -0.15) is 18.2 Å². The minimum Gasteiger partial charge on any atom is -0.478 e. The predicted molar refractivity (Wildman–Crippen MR) is 211 cm³/mol. The quantitative estimate of drug-likeness (QED) is 0.241. The number of fused-ring (bicyclic) bond motifs is 3. The van der Waals surface area contributed by atoms with Crippen molar-refractivity contribution in [2.75, 3.05) is 13.2 Å². The van der Waals surface area contributed by atoms with Gasteiger partial charge in [-0.3, -0.25) is 19.1 Å². The molecule has 2 aliphatic heterocycles. The number of hydrogen-bond acceptors (Lipinski definition) is 10. The predicted octanol–water partition coefficient (Wildman–Crippen LogP) is 5.96. The number of amides is 4. The van der Waals surface area contributed by atoms with Gasteiger partial charge in [0.05, 0.1) is 18.4 Å². The number of alkyl halides is 3. The van der Waals surface area contributed by atoms with Crippen LogP contribution < -0.4 is 24.8 Å². The van der Waals surface area contributed by atoms with E-state index in [1.54, 1.807) is 37.3 Å². The lowest BCUT2D eigenvalue weighted by Crippen LogP contribution is -2.59. The molecule has 3 heterocycles. The number of carbonyl (C=O) groups excluding carboxylic acids is 4. The lowest BCUT2D eigenvalue weighted by molar-refractivity contribution is -0.244. The number of aromatic nitrogens is 1. The van der Waals surface area contributed by atoms with E-state index in [0.29, 0.717) is 74.8 Å². The first-order valence-electron chi connectivity index (χ1n) is 20.0. The number of rotatable bonds is 10. The van der Waals surface area contributed by atoms with Crippen LogP contribution in [0, 0.1) is 17.8 Å². The van der Waals surface area contributed by atoms with Crippen molar-refractivity contribution in [1.82, 2.24) is 25.2 Å². The van der Waals surface area contributed by atoms with E-state index in [4.69, 9.17) is 25.8 Å². The molecule has 19 heteroatoms. The fourth-order valence-electron chi connectivity index (χ4n) is 7.66. The molecule has 2 aromatic rings. The van der Waals surface area contributed by atoms with Gasteiger partial charge in [-0.1, -0.05) is 50.6 Å². The molecule has 2 saturated carbocycles. The van der Waals surface area contributed by atoms with Crippen LogP contribution in [0.4, 0.5) is 18.0 Å². The third kappa shape index (κ3) is 9.84. The van der Waals surface area contributed by atoms with E-state index in [-0.39, 0.29) is 37.1 Å². The lowest BCUT2D eigenvalue weighted by Gasteiger charge is -2.34. The molecule has 1 aromatic carbocycles. The molecular weight excluding hydrogens is 819 g/mol. The summed E-state index contributed by atoms with van der Waals surface area (Å²) >= 11 is 6.55. The summed E-state index contributed by atoms with van der Waals surface area (Å²) in [4.78, 5) is 62.0. The van der Waals surface area contributed by atoms with Gasteiger partial charge in [-0.25, -0.2) is 13.2 Å². The number of sulfonamides is 1. The van der Waals surface area contributed by atoms with Gasteiger partial charge in [0.1, 0.15) is 23.7 Å². The molecule has 3 fully saturated rings. The molecule has 59 heavy (non-hydrogen) atoms. The smallest absolute Gasteiger partial charge is 0.427 e. The van der Waals surface area contributed by atoms with Gasteiger partial charge in [0.25, 0.3) is 5.91 Å². The van der Waals surface area contributed by atoms with E-state index < -0.39 is 86.4 Å². The molecule has 0 bridgehead atoms. The Bertz CT molecular complexity index is 2100. The van der Waals surface area contributed by atoms with Crippen molar-refractivity contribution in [3.05, 3.63) is 41.4 Å². The number of pyridine rings is 1. The zero-order valence-corrected chi connectivity index (χ0v) is 35.1. The van der Waals surface area contributed by atoms with Crippen LogP contribution >= 0.6 is 11.6 Å². The molecule has 0 spiro atoms. The van der Waals surface area contributed by atoms with Crippen LogP contribution in [0.5, 0.6) is 11.8 Å². The van der Waals surface area contributed by atoms with Crippen molar-refractivity contribution in [2.45, 2.75) is 127 Å². The Hall–Kier alpha value is -4.32. The van der Waals surface area contributed by atoms with Gasteiger partial charge in [0, 0.05) is 34.2 Å². The van der Waals surface area contributed by atoms with Crippen molar-refractivity contribution >= 4 is 56.2 Å². The first-order chi connectivity index (χ1) is 27.7. The molecule has 1 aromatic heterocycles. The van der Waals surface area contributed by atoms with Gasteiger partial charge in [0.2, 0.25) is 39.2 Å². The van der Waals surface area contributed by atoms with Gasteiger partial charge in [0.15, 0.2) is 0 Å². The number of allylic oxidation sites excluding steroid dienone is 1. The number of halogens is 4. The summed E-state index contributed by atoms with van der Waals surface area (Å²) in [5.41, 5.74) is -4.54. The summed E-state index contributed by atoms with van der Waals surface area (Å²) in [6.07, 6.45) is -0.751. The first-order valence-corrected chi connectivity index (χ1v) is 21.9. The van der Waals surface area contributed by atoms with Crippen molar-refractivity contribution < 1.29 is 55.0 Å². The second kappa shape index (κ2) is 17.0. The van der Waals surface area contributed by atoms with Crippen molar-refractivity contribution in [2.24, 2.45) is 17.8 Å². The first kappa shape index (κ1) is 44.2. The maximum Gasteiger partial charge on any atom is 0.427 e. The lowest BCUT2D eigenvalue weighted by atomic mass is 9.88. The number of nitrogens with one attached hydrogen (secondary N) is 3. The van der Waals surface area contributed by atoms with E-state index >= 15 is 0 Å². The largest absolute Gasteiger partial charge is 0.478 e. The van der Waals surface area contributed by atoms with Crippen LogP contribution in [-0.4, -0.2) is 96.0 Å². The zero-order valence-electron chi connectivity index (χ0n) is 33.6. The molecule has 6 rings (SSSR count). The molecule has 1 saturated heterocycles. The van der Waals surface area contributed by atoms with E-state index in [1.807, 2.05) is 19.9 Å². The third-order valence-electron chi connectivity index (χ3n) is 11.4. The molecule has 3 N–H and O–H groups in total. The van der Waals surface area contributed by atoms with E-state index in [9.17, 15) is 40.8 Å². The van der Waals surface area contributed by atoms with Crippen LogP contribution in [0.3, 0.4) is 0 Å². The van der Waals surface area contributed by atoms with Crippen LogP contribution in [0.15, 0.2) is 36.4 Å². The number of nitrogens with zero attached hydrogens (tertiary/aromatic N) is 2. The molecular formula is C40H51ClF3N5O9S. The Morgan fingerprint density at radius 2 is 1.83 bits per heavy atom. The molecule has 324 valence electrons. The van der Waals surface area contributed by atoms with Gasteiger partial charge >= 0.3 is 12.3 Å². The number of hydrogen-bond donors (Lipinski definition) is 3. The van der Waals surface area contributed by atoms with Crippen molar-refractivity contribution in [3.8, 4) is 11.8 Å². The Morgan fingerprint density at radius 3 is 2.51 bits per heavy atom. The van der Waals surface area contributed by atoms with E-state index in [2.05, 4.69) is 20.3 Å². The van der Waals surface area contributed by atoms with Gasteiger partial charge < -0.3 is 29.7 Å². The SMILES string of the molecule is CCCOc1cc2c(Cl)cccc2c(OC2CC3C(=O)NC4(C(=O)NS(=O)(=O)C5CC5)CC4C=CCCC(C)CC(C)C(NC(=O)OC(C)(C)C(F)(F)F)C(=O)N3C2)n1. The molecule has 7 atom stereocenters. The van der Waals surface area contributed by atoms with E-state index in [1.165, 1.54) is 4.90 Å². The standard InChI is InChI=1S/C40H51ClF3N5O9S/c1-6-16-56-31-19-28-27(12-9-13-29(28)41)34(45-31)57-25-18-30-33(50)47-39(36(52)48-59(54,55)26-14-15-26)20-24(39)11-8-7-10-22(2)17-23(3)32(35(51)49(30)21-25)46-37(53)58-38(4,5)40(42,43)44/h8-9,11-13,19,22-26,30,32H,6-7,10,14-18,20-21H2,1-5H3,(H,46,53)(H,47,50)(H,48,52). The second-order valence-electron chi connectivity index (χ2n) is 16.7. The summed E-state index contributed by atoms with van der Waals surface area (Å²) < 4.78 is 86.3. The Labute approximate surface area is 346 Å². The highest BCUT2D eigenvalue weighted by atomic mass is 35.5. The molecule has 2 aliphatic carbocycles. The Balaban J connectivity index is 1.37. The number of benzene rings is 1. The van der Waals surface area contributed by atoms with Crippen LogP contribution in [0.25, 0.3) is 10.8 Å². The summed E-state index contributed by atoms with van der Waals surface area (Å²) in [6, 6.07) is 3.98. The molecule has 7 unspecified atom stereocenters. The minimum atomic E-state index is -4.92. The highest BCUT2D eigenvalue weighted by Gasteiger charge is 2.62. The maximum atomic E-state index is 14.8. The van der Waals surface area contributed by atoms with Gasteiger partial charge in [-0.05, 0) is 82.8 Å². The summed E-state index contributed by atoms with van der Waals surface area (Å²) in [6.45, 7) is 7.01. The minimum absolute atomic E-state index is 0.0472. The normalized spacial score (nSPS) is 28.1. The fourth-order valence-corrected chi connectivity index (χ4v) is 9.25. The maximum absolute atomic E-state index is 14.8. The van der Waals surface area contributed by atoms with E-state index in [0.717, 1.165) is 0 Å².